The van der Waals surface area contributed by atoms with Crippen molar-refractivity contribution in [2.24, 2.45) is 5.73 Å². The topological polar surface area (TPSA) is 136 Å². The first-order valence-electron chi connectivity index (χ1n) is 5.17. The number of amides is 2. The first-order chi connectivity index (χ1) is 8.79. The molecule has 0 bridgehead atoms. The van der Waals surface area contributed by atoms with E-state index in [-0.39, 0.29) is 16.3 Å². The molecule has 0 aliphatic carbocycles. The minimum atomic E-state index is -1.40. The van der Waals surface area contributed by atoms with E-state index >= 15 is 0 Å². The summed E-state index contributed by atoms with van der Waals surface area (Å²) in [6.07, 6.45) is -0.503. The van der Waals surface area contributed by atoms with Crippen molar-refractivity contribution in [3.05, 3.63) is 28.8 Å². The molecule has 0 aliphatic rings. The number of hydrogen-bond donors (Lipinski definition) is 4. The third kappa shape index (κ3) is 4.47. The maximum atomic E-state index is 11.8. The average molecular weight is 286 g/mol. The molecule has 102 valence electrons. The Morgan fingerprint density at radius 3 is 2.42 bits per heavy atom. The van der Waals surface area contributed by atoms with Gasteiger partial charge in [0.1, 0.15) is 6.04 Å². The summed E-state index contributed by atoms with van der Waals surface area (Å²) >= 11 is 5.73. The summed E-state index contributed by atoms with van der Waals surface area (Å²) in [6.45, 7) is 0. The molecular formula is C11H12ClN3O4. The minimum Gasteiger partial charge on any atom is -0.480 e. The molecule has 0 fully saturated rings. The molecule has 0 aromatic heterocycles. The van der Waals surface area contributed by atoms with Crippen molar-refractivity contribution in [1.82, 2.24) is 5.32 Å². The SMILES string of the molecule is NC(=O)C[C@@H](NC(=O)c1cc(N)cc(Cl)c1)C(=O)O. The maximum Gasteiger partial charge on any atom is 0.326 e. The molecule has 19 heavy (non-hydrogen) atoms. The number of rotatable bonds is 5. The van der Waals surface area contributed by atoms with Gasteiger partial charge in [0.15, 0.2) is 0 Å². The molecule has 0 radical (unpaired) electrons. The fourth-order valence-corrected chi connectivity index (χ4v) is 1.63. The maximum absolute atomic E-state index is 11.8. The van der Waals surface area contributed by atoms with E-state index in [9.17, 15) is 14.4 Å². The zero-order chi connectivity index (χ0) is 14.6. The molecule has 8 heteroatoms. The number of nitrogens with two attached hydrogens (primary N) is 2. The lowest BCUT2D eigenvalue weighted by Gasteiger charge is -2.13. The Hall–Kier alpha value is -2.28. The van der Waals surface area contributed by atoms with E-state index in [0.717, 1.165) is 0 Å². The monoisotopic (exact) mass is 285 g/mol. The summed E-state index contributed by atoms with van der Waals surface area (Å²) in [4.78, 5) is 33.4. The van der Waals surface area contributed by atoms with E-state index in [1.807, 2.05) is 0 Å². The molecule has 1 aromatic rings. The van der Waals surface area contributed by atoms with Crippen LogP contribution >= 0.6 is 11.6 Å². The minimum absolute atomic E-state index is 0.0979. The molecule has 0 unspecified atom stereocenters. The third-order valence-electron chi connectivity index (χ3n) is 2.19. The normalized spacial score (nSPS) is 11.6. The Labute approximate surface area is 113 Å². The number of carboxylic acid groups (broad SMARTS) is 1. The van der Waals surface area contributed by atoms with E-state index in [1.54, 1.807) is 0 Å². The Bertz CT molecular complexity index is 512. The predicted octanol–water partition coefficient (Wildman–Crippen LogP) is -0.0194. The van der Waals surface area contributed by atoms with Crippen LogP contribution in [-0.4, -0.2) is 28.9 Å². The summed E-state index contributed by atoms with van der Waals surface area (Å²) in [7, 11) is 0. The van der Waals surface area contributed by atoms with Gasteiger partial charge in [-0.3, -0.25) is 9.59 Å². The largest absolute Gasteiger partial charge is 0.480 e. The number of carbonyl (C=O) groups is 3. The second kappa shape index (κ2) is 6.05. The number of carboxylic acids is 1. The van der Waals surface area contributed by atoms with Crippen LogP contribution in [-0.2, 0) is 9.59 Å². The van der Waals surface area contributed by atoms with Crippen LogP contribution in [0.1, 0.15) is 16.8 Å². The van der Waals surface area contributed by atoms with Gasteiger partial charge in [-0.25, -0.2) is 4.79 Å². The van der Waals surface area contributed by atoms with Gasteiger partial charge < -0.3 is 21.9 Å². The first-order valence-corrected chi connectivity index (χ1v) is 5.55. The van der Waals surface area contributed by atoms with Crippen LogP contribution in [0, 0.1) is 0 Å². The van der Waals surface area contributed by atoms with Gasteiger partial charge in [0.2, 0.25) is 5.91 Å². The van der Waals surface area contributed by atoms with Gasteiger partial charge >= 0.3 is 5.97 Å². The highest BCUT2D eigenvalue weighted by molar-refractivity contribution is 6.31. The van der Waals surface area contributed by atoms with Gasteiger partial charge in [-0.05, 0) is 18.2 Å². The molecule has 2 amide bonds. The molecule has 1 aromatic carbocycles. The summed E-state index contributed by atoms with van der Waals surface area (Å²) in [5, 5.41) is 11.3. The summed E-state index contributed by atoms with van der Waals surface area (Å²) in [5.41, 5.74) is 10.8. The molecule has 0 spiro atoms. The van der Waals surface area contributed by atoms with Gasteiger partial charge in [0.05, 0.1) is 6.42 Å². The number of nitrogens with one attached hydrogen (secondary N) is 1. The van der Waals surface area contributed by atoms with Crippen molar-refractivity contribution in [2.75, 3.05) is 5.73 Å². The van der Waals surface area contributed by atoms with Crippen molar-refractivity contribution in [2.45, 2.75) is 12.5 Å². The summed E-state index contributed by atoms with van der Waals surface area (Å²) in [6, 6.07) is 2.71. The van der Waals surface area contributed by atoms with Crippen LogP contribution in [0.5, 0.6) is 0 Å². The lowest BCUT2D eigenvalue weighted by molar-refractivity contribution is -0.140. The van der Waals surface area contributed by atoms with E-state index < -0.39 is 30.2 Å². The number of carbonyl (C=O) groups excluding carboxylic acids is 2. The lowest BCUT2D eigenvalue weighted by atomic mass is 10.1. The number of primary amides is 1. The summed E-state index contributed by atoms with van der Waals surface area (Å²) in [5.74, 6) is -2.90. The van der Waals surface area contributed by atoms with E-state index in [2.05, 4.69) is 5.32 Å². The molecular weight excluding hydrogens is 274 g/mol. The van der Waals surface area contributed by atoms with Crippen LogP contribution in [0.2, 0.25) is 5.02 Å². The smallest absolute Gasteiger partial charge is 0.326 e. The molecule has 1 rings (SSSR count). The Kier molecular flexibility index (Phi) is 4.71. The van der Waals surface area contributed by atoms with Crippen LogP contribution in [0.4, 0.5) is 5.69 Å². The van der Waals surface area contributed by atoms with Crippen molar-refractivity contribution in [3.63, 3.8) is 0 Å². The van der Waals surface area contributed by atoms with Crippen LogP contribution in [0.3, 0.4) is 0 Å². The Morgan fingerprint density at radius 2 is 1.95 bits per heavy atom. The fraction of sp³-hybridized carbons (Fsp3) is 0.182. The Morgan fingerprint density at radius 1 is 1.32 bits per heavy atom. The van der Waals surface area contributed by atoms with Gasteiger partial charge in [-0.15, -0.1) is 0 Å². The Balaban J connectivity index is 2.87. The highest BCUT2D eigenvalue weighted by Gasteiger charge is 2.22. The molecule has 0 aliphatic heterocycles. The second-order valence-electron chi connectivity index (χ2n) is 3.81. The number of aliphatic carboxylic acids is 1. The number of halogens is 1. The zero-order valence-corrected chi connectivity index (χ0v) is 10.5. The van der Waals surface area contributed by atoms with Crippen LogP contribution in [0.25, 0.3) is 0 Å². The van der Waals surface area contributed by atoms with Crippen molar-refractivity contribution < 1.29 is 19.5 Å². The van der Waals surface area contributed by atoms with Crippen LogP contribution < -0.4 is 16.8 Å². The van der Waals surface area contributed by atoms with Gasteiger partial charge in [-0.2, -0.15) is 0 Å². The fourth-order valence-electron chi connectivity index (χ4n) is 1.39. The zero-order valence-electron chi connectivity index (χ0n) is 9.72. The number of nitrogen functional groups attached to an aromatic ring is 1. The molecule has 0 heterocycles. The average Bonchev–Trinajstić information content (AvgIpc) is 2.25. The first kappa shape index (κ1) is 14.8. The molecule has 1 atom stereocenters. The number of hydrogen-bond acceptors (Lipinski definition) is 4. The van der Waals surface area contributed by atoms with Crippen molar-refractivity contribution in [1.29, 1.82) is 0 Å². The lowest BCUT2D eigenvalue weighted by Crippen LogP contribution is -2.43. The third-order valence-corrected chi connectivity index (χ3v) is 2.41. The van der Waals surface area contributed by atoms with Gasteiger partial charge in [-0.1, -0.05) is 11.6 Å². The molecule has 7 nitrogen and oxygen atoms in total. The molecule has 0 saturated heterocycles. The standard InChI is InChI=1S/C11H12ClN3O4/c12-6-1-5(2-7(13)3-6)10(17)15-8(11(18)19)4-9(14)16/h1-3,8H,4,13H2,(H2,14,16)(H,15,17)(H,18,19)/t8-/m1/s1. The quantitative estimate of drug-likeness (QED) is 0.564. The highest BCUT2D eigenvalue weighted by Crippen LogP contribution is 2.16. The summed E-state index contributed by atoms with van der Waals surface area (Å²) < 4.78 is 0. The molecule has 0 saturated carbocycles. The van der Waals surface area contributed by atoms with Crippen molar-refractivity contribution in [3.8, 4) is 0 Å². The van der Waals surface area contributed by atoms with E-state index in [0.29, 0.717) is 0 Å². The van der Waals surface area contributed by atoms with Gasteiger partial charge in [0.25, 0.3) is 5.91 Å². The van der Waals surface area contributed by atoms with Gasteiger partial charge in [0, 0.05) is 16.3 Å². The predicted molar refractivity (Wildman–Crippen MR) is 68.6 cm³/mol. The molecule has 6 N–H and O–H groups in total. The highest BCUT2D eigenvalue weighted by atomic mass is 35.5. The second-order valence-corrected chi connectivity index (χ2v) is 4.24. The number of benzene rings is 1. The van der Waals surface area contributed by atoms with E-state index in [1.165, 1.54) is 18.2 Å². The van der Waals surface area contributed by atoms with E-state index in [4.69, 9.17) is 28.2 Å². The van der Waals surface area contributed by atoms with Crippen LogP contribution in [0.15, 0.2) is 18.2 Å². The number of anilines is 1. The van der Waals surface area contributed by atoms with Crippen molar-refractivity contribution >= 4 is 35.1 Å².